The van der Waals surface area contributed by atoms with Gasteiger partial charge in [-0.05, 0) is 26.4 Å². The minimum Gasteiger partial charge on any atom is -0.351 e. The van der Waals surface area contributed by atoms with Crippen LogP contribution in [0.3, 0.4) is 0 Å². The van der Waals surface area contributed by atoms with Gasteiger partial charge < -0.3 is 16.0 Å². The van der Waals surface area contributed by atoms with Crippen molar-refractivity contribution in [1.82, 2.24) is 15.5 Å². The lowest BCUT2D eigenvalue weighted by Gasteiger charge is -2.32. The monoisotopic (exact) mass is 228 g/mol. The van der Waals surface area contributed by atoms with Gasteiger partial charge in [-0.25, -0.2) is 4.79 Å². The summed E-state index contributed by atoms with van der Waals surface area (Å²) in [4.78, 5) is 23.8. The van der Waals surface area contributed by atoms with Gasteiger partial charge in [-0.1, -0.05) is 0 Å². The molecule has 3 amide bonds. The number of amides is 3. The Morgan fingerprint density at radius 3 is 2.88 bits per heavy atom. The van der Waals surface area contributed by atoms with E-state index in [1.807, 2.05) is 7.05 Å². The summed E-state index contributed by atoms with van der Waals surface area (Å²) in [6.07, 6.45) is 2.64. The maximum absolute atomic E-state index is 11.2. The third-order valence-corrected chi connectivity index (χ3v) is 2.83. The fraction of sp³-hybridized carbons (Fsp3) is 0.800. The van der Waals surface area contributed by atoms with E-state index < -0.39 is 6.03 Å². The molecule has 1 saturated heterocycles. The second-order valence-electron chi connectivity index (χ2n) is 4.09. The molecule has 1 rings (SSSR count). The highest BCUT2D eigenvalue weighted by Gasteiger charge is 2.18. The number of primary amides is 1. The Labute approximate surface area is 95.5 Å². The largest absolute Gasteiger partial charge is 0.351 e. The van der Waals surface area contributed by atoms with Crippen molar-refractivity contribution in [2.24, 2.45) is 5.73 Å². The van der Waals surface area contributed by atoms with Gasteiger partial charge in [-0.15, -0.1) is 0 Å². The molecule has 0 aromatic heterocycles. The highest BCUT2D eigenvalue weighted by atomic mass is 16.2. The van der Waals surface area contributed by atoms with Crippen LogP contribution < -0.4 is 16.4 Å². The Hall–Kier alpha value is -1.14. The molecular formula is C10H20N4O2. The highest BCUT2D eigenvalue weighted by molar-refractivity contribution is 5.93. The van der Waals surface area contributed by atoms with Crippen LogP contribution in [0.5, 0.6) is 0 Å². The van der Waals surface area contributed by atoms with Gasteiger partial charge in [0.2, 0.25) is 5.91 Å². The van der Waals surface area contributed by atoms with Crippen LogP contribution in [0, 0.1) is 0 Å². The van der Waals surface area contributed by atoms with Gasteiger partial charge in [-0.3, -0.25) is 10.1 Å². The Balaban J connectivity index is 2.21. The number of imide groups is 1. The van der Waals surface area contributed by atoms with Crippen LogP contribution in [0.4, 0.5) is 4.79 Å². The summed E-state index contributed by atoms with van der Waals surface area (Å²) in [5.41, 5.74) is 4.85. The van der Waals surface area contributed by atoms with E-state index in [-0.39, 0.29) is 5.91 Å². The van der Waals surface area contributed by atoms with Crippen LogP contribution >= 0.6 is 0 Å². The molecule has 92 valence electrons. The van der Waals surface area contributed by atoms with E-state index in [1.165, 1.54) is 6.42 Å². The molecule has 6 heteroatoms. The van der Waals surface area contributed by atoms with Crippen molar-refractivity contribution < 1.29 is 9.59 Å². The Kier molecular flexibility index (Phi) is 5.21. The van der Waals surface area contributed by atoms with Gasteiger partial charge in [0.25, 0.3) is 0 Å². The minimum absolute atomic E-state index is 0.306. The zero-order valence-electron chi connectivity index (χ0n) is 9.66. The third-order valence-electron chi connectivity index (χ3n) is 2.83. The van der Waals surface area contributed by atoms with Gasteiger partial charge in [-0.2, -0.15) is 0 Å². The summed E-state index contributed by atoms with van der Waals surface area (Å²) in [5.74, 6) is -0.306. The van der Waals surface area contributed by atoms with E-state index in [0.29, 0.717) is 19.0 Å². The summed E-state index contributed by atoms with van der Waals surface area (Å²) in [6.45, 7) is 2.65. The number of nitrogens with zero attached hydrogens (tertiary/aromatic N) is 1. The second-order valence-corrected chi connectivity index (χ2v) is 4.09. The van der Waals surface area contributed by atoms with E-state index in [2.05, 4.69) is 15.5 Å². The first-order chi connectivity index (χ1) is 7.61. The lowest BCUT2D eigenvalue weighted by Crippen LogP contribution is -2.45. The number of nitrogens with one attached hydrogen (secondary N) is 2. The smallest absolute Gasteiger partial charge is 0.318 e. The lowest BCUT2D eigenvalue weighted by molar-refractivity contribution is -0.120. The Morgan fingerprint density at radius 1 is 1.50 bits per heavy atom. The predicted octanol–water partition coefficient (Wildman–Crippen LogP) is -0.745. The molecule has 0 radical (unpaired) electrons. The van der Waals surface area contributed by atoms with Crippen molar-refractivity contribution in [2.45, 2.75) is 25.3 Å². The molecule has 1 aliphatic rings. The van der Waals surface area contributed by atoms with Gasteiger partial charge in [0, 0.05) is 25.6 Å². The van der Waals surface area contributed by atoms with Crippen molar-refractivity contribution in [2.75, 3.05) is 26.7 Å². The van der Waals surface area contributed by atoms with Crippen LogP contribution in [-0.4, -0.2) is 49.6 Å². The molecule has 4 N–H and O–H groups in total. The number of rotatable bonds is 4. The summed E-state index contributed by atoms with van der Waals surface area (Å²) >= 11 is 0. The first kappa shape index (κ1) is 12.9. The average molecular weight is 228 g/mol. The van der Waals surface area contributed by atoms with Gasteiger partial charge in [0.1, 0.15) is 0 Å². The summed E-state index contributed by atoms with van der Waals surface area (Å²) in [6, 6.07) is -0.273. The van der Waals surface area contributed by atoms with Crippen molar-refractivity contribution >= 4 is 11.9 Å². The molecule has 6 nitrogen and oxygen atoms in total. The summed E-state index contributed by atoms with van der Waals surface area (Å²) in [5, 5.41) is 5.30. The van der Waals surface area contributed by atoms with E-state index in [1.54, 1.807) is 0 Å². The quantitative estimate of drug-likeness (QED) is 0.591. The first-order valence-electron chi connectivity index (χ1n) is 5.60. The Morgan fingerprint density at radius 2 is 2.25 bits per heavy atom. The molecule has 0 bridgehead atoms. The zero-order chi connectivity index (χ0) is 12.0. The molecule has 0 aromatic rings. The van der Waals surface area contributed by atoms with Crippen molar-refractivity contribution in [3.8, 4) is 0 Å². The molecule has 0 aliphatic carbocycles. The maximum Gasteiger partial charge on any atom is 0.318 e. The topological polar surface area (TPSA) is 87.5 Å². The highest BCUT2D eigenvalue weighted by Crippen LogP contribution is 2.09. The minimum atomic E-state index is -0.781. The Bertz CT molecular complexity index is 257. The molecule has 0 spiro atoms. The molecule has 1 unspecified atom stereocenters. The standard InChI is InChI=1S/C10H20N4O2/c1-12-8-3-2-5-14(7-8)6-4-9(15)13-10(11)16/h8,12H,2-7H2,1H3,(H3,11,13,15,16). The van der Waals surface area contributed by atoms with Crippen LogP contribution in [0.1, 0.15) is 19.3 Å². The molecule has 16 heavy (non-hydrogen) atoms. The van der Waals surface area contributed by atoms with Gasteiger partial charge in [0.05, 0.1) is 0 Å². The maximum atomic E-state index is 11.2. The summed E-state index contributed by atoms with van der Waals surface area (Å²) < 4.78 is 0. The first-order valence-corrected chi connectivity index (χ1v) is 5.60. The van der Waals surface area contributed by atoms with Crippen LogP contribution in [-0.2, 0) is 4.79 Å². The molecule has 0 saturated carbocycles. The van der Waals surface area contributed by atoms with E-state index in [4.69, 9.17) is 5.73 Å². The number of hydrogen-bond donors (Lipinski definition) is 3. The van der Waals surface area contributed by atoms with Crippen LogP contribution in [0.15, 0.2) is 0 Å². The van der Waals surface area contributed by atoms with E-state index in [9.17, 15) is 9.59 Å². The molecule has 1 heterocycles. The SMILES string of the molecule is CNC1CCCN(CCC(=O)NC(N)=O)C1. The van der Waals surface area contributed by atoms with Crippen LogP contribution in [0.2, 0.25) is 0 Å². The lowest BCUT2D eigenvalue weighted by atomic mass is 10.1. The fourth-order valence-corrected chi connectivity index (χ4v) is 1.95. The molecule has 1 fully saturated rings. The fourth-order valence-electron chi connectivity index (χ4n) is 1.95. The number of urea groups is 1. The molecule has 0 aromatic carbocycles. The summed E-state index contributed by atoms with van der Waals surface area (Å²) in [7, 11) is 1.95. The number of likely N-dealkylation sites (N-methyl/N-ethyl adjacent to an activating group) is 1. The number of piperidine rings is 1. The third kappa shape index (κ3) is 4.59. The average Bonchev–Trinajstić information content (AvgIpc) is 2.26. The zero-order valence-corrected chi connectivity index (χ0v) is 9.66. The van der Waals surface area contributed by atoms with Crippen molar-refractivity contribution in [1.29, 1.82) is 0 Å². The van der Waals surface area contributed by atoms with Gasteiger partial charge >= 0.3 is 6.03 Å². The van der Waals surface area contributed by atoms with Gasteiger partial charge in [0.15, 0.2) is 0 Å². The van der Waals surface area contributed by atoms with E-state index in [0.717, 1.165) is 19.5 Å². The number of carbonyl (C=O) groups excluding carboxylic acids is 2. The van der Waals surface area contributed by atoms with Crippen molar-refractivity contribution in [3.05, 3.63) is 0 Å². The van der Waals surface area contributed by atoms with Crippen molar-refractivity contribution in [3.63, 3.8) is 0 Å². The molecule has 1 aliphatic heterocycles. The van der Waals surface area contributed by atoms with Crippen LogP contribution in [0.25, 0.3) is 0 Å². The number of carbonyl (C=O) groups is 2. The number of hydrogen-bond acceptors (Lipinski definition) is 4. The normalized spacial score (nSPS) is 21.7. The number of nitrogens with two attached hydrogens (primary N) is 1. The predicted molar refractivity (Wildman–Crippen MR) is 60.9 cm³/mol. The molecular weight excluding hydrogens is 208 g/mol. The second kappa shape index (κ2) is 6.44. The van der Waals surface area contributed by atoms with E-state index >= 15 is 0 Å². The molecule has 1 atom stereocenters. The number of likely N-dealkylation sites (tertiary alicyclic amines) is 1.